The van der Waals surface area contributed by atoms with Gasteiger partial charge in [0.25, 0.3) is 0 Å². The number of nitrogens with two attached hydrogens (primary N) is 1. The Morgan fingerprint density at radius 1 is 0.818 bits per heavy atom. The number of benzene rings is 1. The highest BCUT2D eigenvalue weighted by molar-refractivity contribution is 7.99. The molecule has 0 aliphatic rings. The van der Waals surface area contributed by atoms with Gasteiger partial charge in [-0.1, -0.05) is 49.6 Å². The van der Waals surface area contributed by atoms with Crippen LogP contribution in [0.5, 0.6) is 0 Å². The smallest absolute Gasteiger partial charge is 0.0940 e. The van der Waals surface area contributed by atoms with Crippen LogP contribution in [0, 0.1) is 0 Å². The Hall–Kier alpha value is -0.550. The van der Waals surface area contributed by atoms with Gasteiger partial charge in [0.05, 0.1) is 12.7 Å². The molecule has 0 heterocycles. The number of hydrogen-bond donors (Lipinski definition) is 1. The first-order chi connectivity index (χ1) is 10.9. The molecule has 0 bridgehead atoms. The highest BCUT2D eigenvalue weighted by Crippen LogP contribution is 2.10. The van der Waals surface area contributed by atoms with E-state index in [1.54, 1.807) is 0 Å². The van der Waals surface area contributed by atoms with Gasteiger partial charge < -0.3 is 15.2 Å². The first-order valence-corrected chi connectivity index (χ1v) is 9.56. The van der Waals surface area contributed by atoms with Gasteiger partial charge in [-0.2, -0.15) is 0 Å². The van der Waals surface area contributed by atoms with Crippen LogP contribution in [-0.2, 0) is 15.9 Å². The van der Waals surface area contributed by atoms with Crippen molar-refractivity contribution in [1.29, 1.82) is 0 Å². The maximum Gasteiger partial charge on any atom is 0.0940 e. The summed E-state index contributed by atoms with van der Waals surface area (Å²) in [4.78, 5) is 0. The predicted molar refractivity (Wildman–Crippen MR) is 96.1 cm³/mol. The lowest BCUT2D eigenvalue weighted by Gasteiger charge is -2.05. The van der Waals surface area contributed by atoms with Crippen LogP contribution in [0.25, 0.3) is 0 Å². The van der Waals surface area contributed by atoms with Crippen molar-refractivity contribution in [3.05, 3.63) is 35.9 Å². The molecule has 3 nitrogen and oxygen atoms in total. The number of aryl methyl sites for hydroxylation is 1. The lowest BCUT2D eigenvalue weighted by Crippen LogP contribution is -2.05. The van der Waals surface area contributed by atoms with Crippen LogP contribution in [0.1, 0.15) is 44.1 Å². The van der Waals surface area contributed by atoms with Crippen molar-refractivity contribution < 1.29 is 9.47 Å². The zero-order valence-corrected chi connectivity index (χ0v) is 14.5. The second-order valence-electron chi connectivity index (χ2n) is 5.37. The molecule has 0 saturated carbocycles. The fourth-order valence-electron chi connectivity index (χ4n) is 2.22. The van der Waals surface area contributed by atoms with Crippen LogP contribution >= 0.6 is 11.8 Å². The standard InChI is InChI=1S/C18H31NO2S/c19-16-20-13-7-2-1-3-8-15-22-17-21-14-9-12-18-10-5-4-6-11-18/h4-6,10-11H,1-3,7-9,12-17,19H2. The predicted octanol–water partition coefficient (Wildman–Crippen LogP) is 4.21. The number of rotatable bonds is 15. The molecule has 1 aromatic carbocycles. The molecular weight excluding hydrogens is 294 g/mol. The van der Waals surface area contributed by atoms with Gasteiger partial charge in [-0.3, -0.25) is 0 Å². The zero-order chi connectivity index (χ0) is 15.7. The number of hydrogen-bond acceptors (Lipinski definition) is 4. The van der Waals surface area contributed by atoms with E-state index in [2.05, 4.69) is 30.3 Å². The summed E-state index contributed by atoms with van der Waals surface area (Å²) >= 11 is 1.91. The second-order valence-corrected chi connectivity index (χ2v) is 6.42. The van der Waals surface area contributed by atoms with E-state index in [0.29, 0.717) is 6.73 Å². The Balaban J connectivity index is 1.73. The second kappa shape index (κ2) is 15.3. The normalized spacial score (nSPS) is 11.0. The SMILES string of the molecule is NCOCCCCCCCSCOCCCc1ccccc1. The third kappa shape index (κ3) is 12.0. The van der Waals surface area contributed by atoms with Crippen molar-refractivity contribution >= 4 is 11.8 Å². The summed E-state index contributed by atoms with van der Waals surface area (Å²) in [5, 5.41) is 0. The number of ether oxygens (including phenoxy) is 2. The maximum atomic E-state index is 5.66. The fourth-order valence-corrected chi connectivity index (χ4v) is 2.98. The minimum Gasteiger partial charge on any atom is -0.371 e. The van der Waals surface area contributed by atoms with Crippen LogP contribution in [0.4, 0.5) is 0 Å². The highest BCUT2D eigenvalue weighted by atomic mass is 32.2. The van der Waals surface area contributed by atoms with E-state index >= 15 is 0 Å². The van der Waals surface area contributed by atoms with Gasteiger partial charge in [0.15, 0.2) is 0 Å². The summed E-state index contributed by atoms with van der Waals surface area (Å²) in [6.07, 6.45) is 8.50. The van der Waals surface area contributed by atoms with Gasteiger partial charge in [-0.25, -0.2) is 0 Å². The zero-order valence-electron chi connectivity index (χ0n) is 13.7. The van der Waals surface area contributed by atoms with Gasteiger partial charge in [0.1, 0.15) is 0 Å². The molecule has 22 heavy (non-hydrogen) atoms. The van der Waals surface area contributed by atoms with Crippen molar-refractivity contribution in [2.45, 2.75) is 44.9 Å². The molecule has 126 valence electrons. The fraction of sp³-hybridized carbons (Fsp3) is 0.667. The van der Waals surface area contributed by atoms with E-state index in [1.807, 2.05) is 11.8 Å². The van der Waals surface area contributed by atoms with Gasteiger partial charge in [-0.05, 0) is 37.0 Å². The van der Waals surface area contributed by atoms with Crippen LogP contribution < -0.4 is 5.73 Å². The van der Waals surface area contributed by atoms with E-state index in [-0.39, 0.29) is 0 Å². The molecule has 0 aliphatic heterocycles. The number of thioether (sulfide) groups is 1. The Bertz CT molecular complexity index is 335. The third-order valence-corrected chi connectivity index (χ3v) is 4.37. The minimum absolute atomic E-state index is 0.349. The quantitative estimate of drug-likeness (QED) is 0.387. The molecule has 1 aromatic rings. The average molecular weight is 326 g/mol. The van der Waals surface area contributed by atoms with Crippen LogP contribution in [0.3, 0.4) is 0 Å². The van der Waals surface area contributed by atoms with E-state index in [4.69, 9.17) is 15.2 Å². The molecule has 0 spiro atoms. The highest BCUT2D eigenvalue weighted by Gasteiger charge is 1.95. The summed E-state index contributed by atoms with van der Waals surface area (Å²) in [6.45, 7) is 2.02. The minimum atomic E-state index is 0.349. The molecule has 4 heteroatoms. The van der Waals surface area contributed by atoms with Gasteiger partial charge >= 0.3 is 0 Å². The Morgan fingerprint density at radius 3 is 2.36 bits per heavy atom. The lowest BCUT2D eigenvalue weighted by atomic mass is 10.1. The molecule has 0 unspecified atom stereocenters. The van der Waals surface area contributed by atoms with Crippen molar-refractivity contribution in [2.24, 2.45) is 5.73 Å². The van der Waals surface area contributed by atoms with Crippen molar-refractivity contribution in [3.63, 3.8) is 0 Å². The van der Waals surface area contributed by atoms with Gasteiger partial charge in [0.2, 0.25) is 0 Å². The summed E-state index contributed by atoms with van der Waals surface area (Å²) in [5.41, 5.74) is 6.66. The molecule has 0 amide bonds. The Labute approximate surface area is 140 Å². The van der Waals surface area contributed by atoms with Gasteiger partial charge in [-0.15, -0.1) is 11.8 Å². The van der Waals surface area contributed by atoms with Crippen molar-refractivity contribution in [1.82, 2.24) is 0 Å². The first kappa shape index (κ1) is 19.5. The van der Waals surface area contributed by atoms with E-state index < -0.39 is 0 Å². The molecule has 0 atom stereocenters. The topological polar surface area (TPSA) is 44.5 Å². The summed E-state index contributed by atoms with van der Waals surface area (Å²) < 4.78 is 10.8. The van der Waals surface area contributed by atoms with E-state index in [9.17, 15) is 0 Å². The molecular formula is C18H31NO2S. The largest absolute Gasteiger partial charge is 0.371 e. The Morgan fingerprint density at radius 2 is 1.55 bits per heavy atom. The Kier molecular flexibility index (Phi) is 13.6. The van der Waals surface area contributed by atoms with Crippen LogP contribution in [0.15, 0.2) is 30.3 Å². The van der Waals surface area contributed by atoms with Crippen LogP contribution in [0.2, 0.25) is 0 Å². The molecule has 0 saturated heterocycles. The number of unbranched alkanes of at least 4 members (excludes halogenated alkanes) is 4. The molecule has 0 aromatic heterocycles. The average Bonchev–Trinajstić information content (AvgIpc) is 2.56. The molecule has 0 radical (unpaired) electrons. The maximum absolute atomic E-state index is 5.66. The van der Waals surface area contributed by atoms with Crippen molar-refractivity contribution in [2.75, 3.05) is 31.6 Å². The monoisotopic (exact) mass is 325 g/mol. The van der Waals surface area contributed by atoms with E-state index in [1.165, 1.54) is 37.0 Å². The molecule has 1 rings (SSSR count). The summed E-state index contributed by atoms with van der Waals surface area (Å²) in [5.74, 6) is 2.04. The molecule has 0 fully saturated rings. The summed E-state index contributed by atoms with van der Waals surface area (Å²) in [6, 6.07) is 10.6. The molecule has 2 N–H and O–H groups in total. The van der Waals surface area contributed by atoms with E-state index in [0.717, 1.165) is 38.4 Å². The van der Waals surface area contributed by atoms with Crippen LogP contribution in [-0.4, -0.2) is 31.6 Å². The van der Waals surface area contributed by atoms with Crippen molar-refractivity contribution in [3.8, 4) is 0 Å². The first-order valence-electron chi connectivity index (χ1n) is 8.40. The van der Waals surface area contributed by atoms with Gasteiger partial charge in [0, 0.05) is 13.2 Å². The molecule has 0 aliphatic carbocycles. The lowest BCUT2D eigenvalue weighted by molar-refractivity contribution is 0.136. The summed E-state index contributed by atoms with van der Waals surface area (Å²) in [7, 11) is 0. The third-order valence-electron chi connectivity index (χ3n) is 3.46.